The maximum absolute atomic E-state index is 12.5. The fraction of sp³-hybridized carbons (Fsp3) is 0.444. The fourth-order valence-electron chi connectivity index (χ4n) is 3.09. The average molecular weight is 344 g/mol. The Morgan fingerprint density at radius 2 is 2.24 bits per heavy atom. The van der Waals surface area contributed by atoms with Crippen LogP contribution in [0.5, 0.6) is 5.75 Å². The smallest absolute Gasteiger partial charge is 0.320 e. The molecule has 0 saturated carbocycles. The molecule has 2 amide bonds. The van der Waals surface area contributed by atoms with Crippen LogP contribution in [0.25, 0.3) is 0 Å². The number of aliphatic hydroxyl groups is 1. The average Bonchev–Trinajstić information content (AvgIpc) is 2.94. The Balaban J connectivity index is 1.73. The minimum absolute atomic E-state index is 0.0638. The highest BCUT2D eigenvalue weighted by Gasteiger charge is 2.31. The second-order valence-electron chi connectivity index (χ2n) is 6.26. The van der Waals surface area contributed by atoms with Crippen molar-refractivity contribution in [3.05, 3.63) is 41.6 Å². The van der Waals surface area contributed by atoms with E-state index in [9.17, 15) is 9.90 Å². The second-order valence-corrected chi connectivity index (χ2v) is 6.26. The Labute approximate surface area is 147 Å². The van der Waals surface area contributed by atoms with Crippen LogP contribution in [0, 0.1) is 5.92 Å². The zero-order chi connectivity index (χ0) is 17.8. The molecule has 1 aliphatic rings. The van der Waals surface area contributed by atoms with E-state index in [1.807, 2.05) is 30.3 Å². The number of nitrogens with one attached hydrogen (secondary N) is 2. The van der Waals surface area contributed by atoms with Gasteiger partial charge in [-0.3, -0.25) is 10.00 Å². The Kier molecular flexibility index (Phi) is 5.23. The summed E-state index contributed by atoms with van der Waals surface area (Å²) >= 11 is 0. The molecular weight excluding hydrogens is 320 g/mol. The first kappa shape index (κ1) is 17.3. The number of anilines is 1. The van der Waals surface area contributed by atoms with Crippen LogP contribution in [0.15, 0.2) is 30.3 Å². The lowest BCUT2D eigenvalue weighted by Crippen LogP contribution is -2.42. The van der Waals surface area contributed by atoms with Crippen molar-refractivity contribution in [2.75, 3.05) is 18.5 Å². The van der Waals surface area contributed by atoms with Crippen LogP contribution in [0.4, 0.5) is 10.6 Å². The van der Waals surface area contributed by atoms with Gasteiger partial charge in [0.05, 0.1) is 24.9 Å². The molecule has 1 aromatic carbocycles. The minimum Gasteiger partial charge on any atom is -0.493 e. The molecule has 2 aromatic rings. The summed E-state index contributed by atoms with van der Waals surface area (Å²) in [4.78, 5) is 12.5. The van der Waals surface area contributed by atoms with E-state index >= 15 is 0 Å². The number of fused-ring (bicyclic) bond motifs is 1. The number of aliphatic hydroxyl groups excluding tert-OH is 1. The number of aromatic nitrogens is 2. The van der Waals surface area contributed by atoms with Crippen LogP contribution < -0.4 is 15.4 Å². The molecule has 0 unspecified atom stereocenters. The highest BCUT2D eigenvalue weighted by atomic mass is 16.5. The van der Waals surface area contributed by atoms with Crippen molar-refractivity contribution in [1.29, 1.82) is 0 Å². The van der Waals surface area contributed by atoms with Gasteiger partial charge in [0.15, 0.2) is 0 Å². The Morgan fingerprint density at radius 3 is 3.00 bits per heavy atom. The number of carbonyl (C=O) groups excluding carboxylic acids is 1. The molecule has 1 aromatic heterocycles. The van der Waals surface area contributed by atoms with Crippen LogP contribution in [0.2, 0.25) is 0 Å². The zero-order valence-electron chi connectivity index (χ0n) is 14.5. The zero-order valence-corrected chi connectivity index (χ0v) is 14.5. The van der Waals surface area contributed by atoms with Crippen molar-refractivity contribution in [2.24, 2.45) is 13.0 Å². The number of benzene rings is 1. The molecule has 2 atom stereocenters. The monoisotopic (exact) mass is 344 g/mol. The molecular formula is C18H24N4O3. The van der Waals surface area contributed by atoms with E-state index in [0.29, 0.717) is 12.4 Å². The largest absolute Gasteiger partial charge is 0.493 e. The standard InChI is InChI=1S/C18H24N4O3/c1-3-6-13-9-16(22(2)21-13)19-18(24)20-17-12(10-23)11-25-15-8-5-4-7-14(15)17/h4-5,7-9,12,17,23H,3,6,10-11H2,1-2H3,(H2,19,20,24)/t12-,17-/m0/s1. The first-order valence-electron chi connectivity index (χ1n) is 8.55. The third-order valence-corrected chi connectivity index (χ3v) is 4.38. The van der Waals surface area contributed by atoms with Crippen LogP contribution in [0.3, 0.4) is 0 Å². The summed E-state index contributed by atoms with van der Waals surface area (Å²) in [7, 11) is 1.80. The first-order chi connectivity index (χ1) is 12.1. The van der Waals surface area contributed by atoms with Gasteiger partial charge in [-0.15, -0.1) is 0 Å². The lowest BCUT2D eigenvalue weighted by molar-refractivity contribution is 0.114. The molecule has 0 fully saturated rings. The van der Waals surface area contributed by atoms with Crippen molar-refractivity contribution in [1.82, 2.24) is 15.1 Å². The molecule has 25 heavy (non-hydrogen) atoms. The summed E-state index contributed by atoms with van der Waals surface area (Å²) in [6, 6.07) is 8.81. The number of hydrogen-bond acceptors (Lipinski definition) is 4. The summed E-state index contributed by atoms with van der Waals surface area (Å²) in [5.74, 6) is 1.19. The quantitative estimate of drug-likeness (QED) is 0.776. The highest BCUT2D eigenvalue weighted by molar-refractivity contribution is 5.88. The number of ether oxygens (including phenoxy) is 1. The van der Waals surface area contributed by atoms with E-state index in [-0.39, 0.29) is 24.6 Å². The Morgan fingerprint density at radius 1 is 1.44 bits per heavy atom. The van der Waals surface area contributed by atoms with Gasteiger partial charge < -0.3 is 15.2 Å². The maximum atomic E-state index is 12.5. The topological polar surface area (TPSA) is 88.4 Å². The lowest BCUT2D eigenvalue weighted by Gasteiger charge is -2.33. The van der Waals surface area contributed by atoms with Crippen molar-refractivity contribution in [3.8, 4) is 5.75 Å². The third kappa shape index (κ3) is 3.76. The van der Waals surface area contributed by atoms with E-state index in [1.165, 1.54) is 0 Å². The first-order valence-corrected chi connectivity index (χ1v) is 8.55. The number of aryl methyl sites for hydroxylation is 2. The van der Waals surface area contributed by atoms with Gasteiger partial charge >= 0.3 is 6.03 Å². The number of carbonyl (C=O) groups is 1. The van der Waals surface area contributed by atoms with E-state index in [1.54, 1.807) is 11.7 Å². The molecule has 1 aliphatic heterocycles. The van der Waals surface area contributed by atoms with Crippen molar-refractivity contribution in [2.45, 2.75) is 25.8 Å². The van der Waals surface area contributed by atoms with Crippen LogP contribution >= 0.6 is 0 Å². The molecule has 0 aliphatic carbocycles. The molecule has 7 nitrogen and oxygen atoms in total. The molecule has 134 valence electrons. The summed E-state index contributed by atoms with van der Waals surface area (Å²) in [5, 5.41) is 19.8. The lowest BCUT2D eigenvalue weighted by atomic mass is 9.91. The normalized spacial score (nSPS) is 19.0. The second kappa shape index (κ2) is 7.57. The molecule has 7 heteroatoms. The number of hydrogen-bond donors (Lipinski definition) is 3. The van der Waals surface area contributed by atoms with Crippen molar-refractivity contribution in [3.63, 3.8) is 0 Å². The predicted molar refractivity (Wildman–Crippen MR) is 94.6 cm³/mol. The van der Waals surface area contributed by atoms with Gasteiger partial charge in [-0.25, -0.2) is 4.79 Å². The van der Waals surface area contributed by atoms with E-state index in [2.05, 4.69) is 22.7 Å². The number of para-hydroxylation sites is 1. The Hall–Kier alpha value is -2.54. The summed E-state index contributed by atoms with van der Waals surface area (Å²) in [6.45, 7) is 2.39. The molecule has 3 N–H and O–H groups in total. The van der Waals surface area contributed by atoms with Gasteiger partial charge in [0.1, 0.15) is 11.6 Å². The summed E-state index contributed by atoms with van der Waals surface area (Å²) in [5.41, 5.74) is 1.82. The van der Waals surface area contributed by atoms with Gasteiger partial charge in [0, 0.05) is 24.6 Å². The number of nitrogens with zero attached hydrogens (tertiary/aromatic N) is 2. The predicted octanol–water partition coefficient (Wildman–Crippen LogP) is 2.24. The maximum Gasteiger partial charge on any atom is 0.320 e. The van der Waals surface area contributed by atoms with Crippen LogP contribution in [0.1, 0.15) is 30.6 Å². The molecule has 0 saturated heterocycles. The third-order valence-electron chi connectivity index (χ3n) is 4.38. The molecule has 0 spiro atoms. The molecule has 0 bridgehead atoms. The summed E-state index contributed by atoms with van der Waals surface area (Å²) in [6.07, 6.45) is 1.87. The van der Waals surface area contributed by atoms with Gasteiger partial charge in [-0.2, -0.15) is 5.10 Å². The summed E-state index contributed by atoms with van der Waals surface area (Å²) < 4.78 is 7.32. The van der Waals surface area contributed by atoms with Crippen LogP contribution in [-0.4, -0.2) is 34.1 Å². The Bertz CT molecular complexity index is 744. The number of amides is 2. The molecule has 2 heterocycles. The SMILES string of the molecule is CCCc1cc(NC(=O)N[C@@H]2c3ccccc3OC[C@@H]2CO)n(C)n1. The van der Waals surface area contributed by atoms with E-state index in [0.717, 1.165) is 29.8 Å². The van der Waals surface area contributed by atoms with Gasteiger partial charge in [0.25, 0.3) is 0 Å². The van der Waals surface area contributed by atoms with Crippen LogP contribution in [-0.2, 0) is 13.5 Å². The number of urea groups is 1. The van der Waals surface area contributed by atoms with Gasteiger partial charge in [0.2, 0.25) is 0 Å². The van der Waals surface area contributed by atoms with E-state index in [4.69, 9.17) is 4.74 Å². The van der Waals surface area contributed by atoms with Gasteiger partial charge in [-0.05, 0) is 12.5 Å². The fourth-order valence-corrected chi connectivity index (χ4v) is 3.09. The minimum atomic E-state index is -0.328. The van der Waals surface area contributed by atoms with E-state index < -0.39 is 0 Å². The van der Waals surface area contributed by atoms with Crippen molar-refractivity contribution < 1.29 is 14.6 Å². The highest BCUT2D eigenvalue weighted by Crippen LogP contribution is 2.35. The van der Waals surface area contributed by atoms with Crippen molar-refractivity contribution >= 4 is 11.8 Å². The molecule has 0 radical (unpaired) electrons. The number of rotatable bonds is 5. The van der Waals surface area contributed by atoms with Gasteiger partial charge in [-0.1, -0.05) is 31.5 Å². The molecule has 3 rings (SSSR count).